The highest BCUT2D eigenvalue weighted by Gasteiger charge is 2.22. The van der Waals surface area contributed by atoms with Gasteiger partial charge in [-0.2, -0.15) is 0 Å². The Kier molecular flexibility index (Phi) is 3.82. The Balaban J connectivity index is 1.93. The summed E-state index contributed by atoms with van der Waals surface area (Å²) >= 11 is 0. The van der Waals surface area contributed by atoms with Crippen molar-refractivity contribution in [3.63, 3.8) is 0 Å². The van der Waals surface area contributed by atoms with E-state index in [1.165, 1.54) is 19.3 Å². The van der Waals surface area contributed by atoms with Crippen LogP contribution in [-0.4, -0.2) is 33.4 Å². The highest BCUT2D eigenvalue weighted by Crippen LogP contribution is 2.21. The van der Waals surface area contributed by atoms with Crippen molar-refractivity contribution in [3.05, 3.63) is 18.2 Å². The SMILES string of the molecule is Cc1nccn1CC(=O)N(C)C1CCCCC1. The predicted octanol–water partition coefficient (Wildman–Crippen LogP) is 1.98. The molecule has 0 radical (unpaired) electrons. The Bertz CT molecular complexity index is 380. The van der Waals surface area contributed by atoms with Crippen LogP contribution in [0.4, 0.5) is 0 Å². The fraction of sp³-hybridized carbons (Fsp3) is 0.692. The average Bonchev–Trinajstić information content (AvgIpc) is 2.75. The second kappa shape index (κ2) is 5.34. The van der Waals surface area contributed by atoms with E-state index in [9.17, 15) is 4.79 Å². The highest BCUT2D eigenvalue weighted by molar-refractivity contribution is 5.76. The number of rotatable bonds is 3. The van der Waals surface area contributed by atoms with Crippen LogP contribution in [0.1, 0.15) is 37.9 Å². The third-order valence-electron chi connectivity index (χ3n) is 3.75. The molecule has 0 aliphatic heterocycles. The number of amides is 1. The first-order chi connectivity index (χ1) is 8.18. The molecule has 17 heavy (non-hydrogen) atoms. The Labute approximate surface area is 103 Å². The summed E-state index contributed by atoms with van der Waals surface area (Å²) in [5, 5.41) is 0. The molecule has 1 saturated carbocycles. The van der Waals surface area contributed by atoms with Crippen LogP contribution in [0.3, 0.4) is 0 Å². The molecule has 1 aliphatic rings. The zero-order valence-corrected chi connectivity index (χ0v) is 10.7. The van der Waals surface area contributed by atoms with Crippen molar-refractivity contribution in [2.45, 2.75) is 51.6 Å². The van der Waals surface area contributed by atoms with E-state index in [0.29, 0.717) is 12.6 Å². The lowest BCUT2D eigenvalue weighted by Crippen LogP contribution is -2.40. The van der Waals surface area contributed by atoms with Crippen LogP contribution < -0.4 is 0 Å². The summed E-state index contributed by atoms with van der Waals surface area (Å²) in [6.45, 7) is 2.34. The molecule has 0 saturated heterocycles. The molecule has 94 valence electrons. The van der Waals surface area contributed by atoms with Gasteiger partial charge in [0.05, 0.1) is 0 Å². The monoisotopic (exact) mass is 235 g/mol. The topological polar surface area (TPSA) is 38.1 Å². The number of carbonyl (C=O) groups excluding carboxylic acids is 1. The van der Waals surface area contributed by atoms with E-state index in [1.807, 2.05) is 29.6 Å². The molecule has 0 atom stereocenters. The van der Waals surface area contributed by atoms with E-state index in [1.54, 1.807) is 6.20 Å². The lowest BCUT2D eigenvalue weighted by atomic mass is 9.94. The molecule has 0 bridgehead atoms. The number of hydrogen-bond acceptors (Lipinski definition) is 2. The Hall–Kier alpha value is -1.32. The van der Waals surface area contributed by atoms with Crippen LogP contribution in [0.15, 0.2) is 12.4 Å². The number of carbonyl (C=O) groups is 1. The number of likely N-dealkylation sites (N-methyl/N-ethyl adjacent to an activating group) is 1. The van der Waals surface area contributed by atoms with Crippen molar-refractivity contribution in [1.82, 2.24) is 14.5 Å². The molecule has 4 heteroatoms. The van der Waals surface area contributed by atoms with Gasteiger partial charge in [-0.05, 0) is 19.8 Å². The van der Waals surface area contributed by atoms with Gasteiger partial charge >= 0.3 is 0 Å². The number of nitrogens with zero attached hydrogens (tertiary/aromatic N) is 3. The van der Waals surface area contributed by atoms with Gasteiger partial charge in [0.15, 0.2) is 0 Å². The second-order valence-corrected chi connectivity index (χ2v) is 4.90. The minimum atomic E-state index is 0.193. The van der Waals surface area contributed by atoms with Crippen LogP contribution >= 0.6 is 0 Å². The Morgan fingerprint density at radius 2 is 2.18 bits per heavy atom. The van der Waals surface area contributed by atoms with Crippen molar-refractivity contribution in [2.75, 3.05) is 7.05 Å². The van der Waals surface area contributed by atoms with Gasteiger partial charge in [-0.1, -0.05) is 19.3 Å². The largest absolute Gasteiger partial charge is 0.341 e. The van der Waals surface area contributed by atoms with E-state index in [-0.39, 0.29) is 5.91 Å². The van der Waals surface area contributed by atoms with Crippen LogP contribution in [0.5, 0.6) is 0 Å². The minimum absolute atomic E-state index is 0.193. The number of aryl methyl sites for hydroxylation is 1. The first-order valence-corrected chi connectivity index (χ1v) is 6.42. The molecule has 1 aromatic rings. The summed E-state index contributed by atoms with van der Waals surface area (Å²) in [6.07, 6.45) is 9.75. The van der Waals surface area contributed by atoms with Crippen LogP contribution in [-0.2, 0) is 11.3 Å². The average molecular weight is 235 g/mol. The van der Waals surface area contributed by atoms with E-state index >= 15 is 0 Å². The number of hydrogen-bond donors (Lipinski definition) is 0. The molecular weight excluding hydrogens is 214 g/mol. The zero-order chi connectivity index (χ0) is 12.3. The third kappa shape index (κ3) is 2.87. The van der Waals surface area contributed by atoms with Gasteiger partial charge in [0.1, 0.15) is 12.4 Å². The molecule has 1 fully saturated rings. The first-order valence-electron chi connectivity index (χ1n) is 6.42. The van der Waals surface area contributed by atoms with Crippen molar-refractivity contribution in [2.24, 2.45) is 0 Å². The summed E-state index contributed by atoms with van der Waals surface area (Å²) < 4.78 is 1.90. The smallest absolute Gasteiger partial charge is 0.242 e. The lowest BCUT2D eigenvalue weighted by Gasteiger charge is -2.31. The standard InChI is InChI=1S/C13H21N3O/c1-11-14-8-9-16(11)10-13(17)15(2)12-6-4-3-5-7-12/h8-9,12H,3-7,10H2,1-2H3. The van der Waals surface area contributed by atoms with Gasteiger partial charge in [0.25, 0.3) is 0 Å². The van der Waals surface area contributed by atoms with Gasteiger partial charge in [0.2, 0.25) is 5.91 Å². The molecule has 0 spiro atoms. The predicted molar refractivity (Wildman–Crippen MR) is 66.6 cm³/mol. The maximum atomic E-state index is 12.1. The number of imidazole rings is 1. The molecule has 4 nitrogen and oxygen atoms in total. The van der Waals surface area contributed by atoms with Gasteiger partial charge in [-0.3, -0.25) is 4.79 Å². The zero-order valence-electron chi connectivity index (χ0n) is 10.7. The van der Waals surface area contributed by atoms with Crippen LogP contribution in [0.25, 0.3) is 0 Å². The summed E-state index contributed by atoms with van der Waals surface area (Å²) in [7, 11) is 1.94. The Morgan fingerprint density at radius 3 is 2.76 bits per heavy atom. The molecular formula is C13H21N3O. The normalized spacial score (nSPS) is 17.1. The summed E-state index contributed by atoms with van der Waals surface area (Å²) in [5.41, 5.74) is 0. The molecule has 0 N–H and O–H groups in total. The third-order valence-corrected chi connectivity index (χ3v) is 3.75. The molecule has 1 aliphatic carbocycles. The van der Waals surface area contributed by atoms with Crippen LogP contribution in [0, 0.1) is 6.92 Å². The van der Waals surface area contributed by atoms with Crippen molar-refractivity contribution < 1.29 is 4.79 Å². The fourth-order valence-electron chi connectivity index (χ4n) is 2.50. The van der Waals surface area contributed by atoms with Gasteiger partial charge in [-0.25, -0.2) is 4.98 Å². The van der Waals surface area contributed by atoms with Crippen molar-refractivity contribution in [3.8, 4) is 0 Å². The first kappa shape index (κ1) is 12.1. The van der Waals surface area contributed by atoms with Gasteiger partial charge in [-0.15, -0.1) is 0 Å². The van der Waals surface area contributed by atoms with E-state index < -0.39 is 0 Å². The van der Waals surface area contributed by atoms with E-state index in [4.69, 9.17) is 0 Å². The lowest BCUT2D eigenvalue weighted by molar-refractivity contribution is -0.133. The number of aromatic nitrogens is 2. The molecule has 1 heterocycles. The summed E-state index contributed by atoms with van der Waals surface area (Å²) in [6, 6.07) is 0.445. The maximum Gasteiger partial charge on any atom is 0.242 e. The second-order valence-electron chi connectivity index (χ2n) is 4.90. The maximum absolute atomic E-state index is 12.1. The van der Waals surface area contributed by atoms with Gasteiger partial charge < -0.3 is 9.47 Å². The Morgan fingerprint density at radius 1 is 1.47 bits per heavy atom. The van der Waals surface area contributed by atoms with Crippen molar-refractivity contribution >= 4 is 5.91 Å². The molecule has 1 aromatic heterocycles. The summed E-state index contributed by atoms with van der Waals surface area (Å²) in [4.78, 5) is 18.2. The molecule has 0 aromatic carbocycles. The van der Waals surface area contributed by atoms with Gasteiger partial charge in [0, 0.05) is 25.5 Å². The van der Waals surface area contributed by atoms with E-state index in [2.05, 4.69) is 4.98 Å². The highest BCUT2D eigenvalue weighted by atomic mass is 16.2. The van der Waals surface area contributed by atoms with Crippen molar-refractivity contribution in [1.29, 1.82) is 0 Å². The molecule has 1 amide bonds. The molecule has 0 unspecified atom stereocenters. The fourth-order valence-corrected chi connectivity index (χ4v) is 2.50. The van der Waals surface area contributed by atoms with E-state index in [0.717, 1.165) is 18.7 Å². The quantitative estimate of drug-likeness (QED) is 0.803. The molecule has 2 rings (SSSR count). The summed E-state index contributed by atoms with van der Waals surface area (Å²) in [5.74, 6) is 1.09. The minimum Gasteiger partial charge on any atom is -0.341 e. The van der Waals surface area contributed by atoms with Crippen LogP contribution in [0.2, 0.25) is 0 Å².